The van der Waals surface area contributed by atoms with Crippen molar-refractivity contribution in [2.75, 3.05) is 6.61 Å². The van der Waals surface area contributed by atoms with Gasteiger partial charge in [-0.05, 0) is 50.7 Å². The lowest BCUT2D eigenvalue weighted by Gasteiger charge is -2.28. The SMILES string of the molecule is CCOc1ccccc1C(=O)CC1CC2CCC(C1)N2. The number of ether oxygens (including phenoxy) is 1. The van der Waals surface area contributed by atoms with E-state index in [1.807, 2.05) is 31.2 Å². The molecule has 2 atom stereocenters. The number of ketones is 1. The quantitative estimate of drug-likeness (QED) is 0.837. The maximum atomic E-state index is 12.5. The van der Waals surface area contributed by atoms with Gasteiger partial charge in [-0.25, -0.2) is 0 Å². The third-order valence-corrected chi connectivity index (χ3v) is 4.53. The van der Waals surface area contributed by atoms with Crippen LogP contribution in [0.3, 0.4) is 0 Å². The van der Waals surface area contributed by atoms with Gasteiger partial charge in [0.2, 0.25) is 0 Å². The van der Waals surface area contributed by atoms with Crippen molar-refractivity contribution in [1.29, 1.82) is 0 Å². The normalized spacial score (nSPS) is 28.4. The molecule has 2 aliphatic heterocycles. The number of hydrogen-bond acceptors (Lipinski definition) is 3. The van der Waals surface area contributed by atoms with Crippen LogP contribution >= 0.6 is 0 Å². The standard InChI is InChI=1S/C17H23NO2/c1-2-20-17-6-4-3-5-15(17)16(19)11-12-9-13-7-8-14(10-12)18-13/h3-6,12-14,18H,2,7-11H2,1H3. The molecule has 2 saturated heterocycles. The number of nitrogens with one attached hydrogen (secondary N) is 1. The highest BCUT2D eigenvalue weighted by Crippen LogP contribution is 2.34. The number of hydrogen-bond donors (Lipinski definition) is 1. The average molecular weight is 273 g/mol. The largest absolute Gasteiger partial charge is 0.493 e. The zero-order valence-corrected chi connectivity index (χ0v) is 12.1. The molecule has 1 aromatic carbocycles. The van der Waals surface area contributed by atoms with Crippen LogP contribution in [0.5, 0.6) is 5.75 Å². The summed E-state index contributed by atoms with van der Waals surface area (Å²) in [6.45, 7) is 2.55. The first-order valence-corrected chi connectivity index (χ1v) is 7.77. The van der Waals surface area contributed by atoms with Gasteiger partial charge in [0.15, 0.2) is 5.78 Å². The highest BCUT2D eigenvalue weighted by atomic mass is 16.5. The van der Waals surface area contributed by atoms with Crippen LogP contribution in [0.4, 0.5) is 0 Å². The molecule has 1 aromatic rings. The van der Waals surface area contributed by atoms with Crippen molar-refractivity contribution in [3.63, 3.8) is 0 Å². The minimum absolute atomic E-state index is 0.236. The van der Waals surface area contributed by atoms with Gasteiger partial charge in [-0.1, -0.05) is 12.1 Å². The van der Waals surface area contributed by atoms with E-state index in [-0.39, 0.29) is 5.78 Å². The van der Waals surface area contributed by atoms with E-state index in [0.29, 0.717) is 31.0 Å². The molecule has 0 spiro atoms. The average Bonchev–Trinajstić information content (AvgIpc) is 2.79. The van der Waals surface area contributed by atoms with Crippen LogP contribution in [-0.2, 0) is 0 Å². The number of rotatable bonds is 5. The fourth-order valence-corrected chi connectivity index (χ4v) is 3.69. The molecule has 2 unspecified atom stereocenters. The van der Waals surface area contributed by atoms with E-state index < -0.39 is 0 Å². The third-order valence-electron chi connectivity index (χ3n) is 4.53. The van der Waals surface area contributed by atoms with Gasteiger partial charge in [-0.3, -0.25) is 4.79 Å². The Hall–Kier alpha value is -1.35. The van der Waals surface area contributed by atoms with Gasteiger partial charge in [0.25, 0.3) is 0 Å². The van der Waals surface area contributed by atoms with E-state index in [0.717, 1.165) is 24.2 Å². The first-order chi connectivity index (χ1) is 9.76. The van der Waals surface area contributed by atoms with E-state index >= 15 is 0 Å². The maximum Gasteiger partial charge on any atom is 0.166 e. The smallest absolute Gasteiger partial charge is 0.166 e. The van der Waals surface area contributed by atoms with Crippen molar-refractivity contribution in [1.82, 2.24) is 5.32 Å². The molecule has 2 fully saturated rings. The summed E-state index contributed by atoms with van der Waals surface area (Å²) in [5, 5.41) is 3.63. The van der Waals surface area contributed by atoms with Gasteiger partial charge in [0.05, 0.1) is 12.2 Å². The Kier molecular flexibility index (Phi) is 4.06. The molecule has 0 radical (unpaired) electrons. The highest BCUT2D eigenvalue weighted by molar-refractivity contribution is 5.98. The Bertz CT molecular complexity index is 474. The number of fused-ring (bicyclic) bond motifs is 2. The summed E-state index contributed by atoms with van der Waals surface area (Å²) in [5.41, 5.74) is 0.750. The van der Waals surface area contributed by atoms with Gasteiger partial charge in [0.1, 0.15) is 5.75 Å². The molecule has 0 saturated carbocycles. The Morgan fingerprint density at radius 3 is 2.65 bits per heavy atom. The summed E-state index contributed by atoms with van der Waals surface area (Å²) in [6.07, 6.45) is 5.53. The number of carbonyl (C=O) groups excluding carboxylic acids is 1. The number of piperidine rings is 1. The van der Waals surface area contributed by atoms with Crippen LogP contribution < -0.4 is 10.1 Å². The van der Waals surface area contributed by atoms with Gasteiger partial charge < -0.3 is 10.1 Å². The van der Waals surface area contributed by atoms with Crippen LogP contribution in [0.15, 0.2) is 24.3 Å². The molecule has 2 heterocycles. The topological polar surface area (TPSA) is 38.3 Å². The lowest BCUT2D eigenvalue weighted by Crippen LogP contribution is -2.38. The summed E-state index contributed by atoms with van der Waals surface area (Å²) in [7, 11) is 0. The van der Waals surface area contributed by atoms with Crippen LogP contribution in [0.1, 0.15) is 49.4 Å². The second-order valence-corrected chi connectivity index (χ2v) is 6.03. The minimum atomic E-state index is 0.236. The van der Waals surface area contributed by atoms with Gasteiger partial charge in [0, 0.05) is 18.5 Å². The molecule has 2 aliphatic rings. The Morgan fingerprint density at radius 2 is 1.95 bits per heavy atom. The van der Waals surface area contributed by atoms with Crippen LogP contribution in [0, 0.1) is 5.92 Å². The molecule has 2 bridgehead atoms. The Morgan fingerprint density at radius 1 is 1.25 bits per heavy atom. The molecule has 0 aromatic heterocycles. The molecule has 3 heteroatoms. The summed E-state index contributed by atoms with van der Waals surface area (Å²) in [6, 6.07) is 8.92. The van der Waals surface area contributed by atoms with Crippen molar-refractivity contribution in [2.45, 2.75) is 51.1 Å². The molecule has 0 amide bonds. The van der Waals surface area contributed by atoms with Gasteiger partial charge >= 0.3 is 0 Å². The fourth-order valence-electron chi connectivity index (χ4n) is 3.69. The molecule has 108 valence electrons. The van der Waals surface area contributed by atoms with Gasteiger partial charge in [-0.2, -0.15) is 0 Å². The second-order valence-electron chi connectivity index (χ2n) is 6.03. The maximum absolute atomic E-state index is 12.5. The van der Waals surface area contributed by atoms with Crippen molar-refractivity contribution < 1.29 is 9.53 Å². The summed E-state index contributed by atoms with van der Waals surface area (Å²) in [5.74, 6) is 1.51. The minimum Gasteiger partial charge on any atom is -0.493 e. The zero-order chi connectivity index (χ0) is 13.9. The first kappa shape index (κ1) is 13.6. The molecule has 3 rings (SSSR count). The number of carbonyl (C=O) groups is 1. The Labute approximate surface area is 120 Å². The summed E-state index contributed by atoms with van der Waals surface area (Å²) in [4.78, 5) is 12.5. The van der Waals surface area contributed by atoms with E-state index in [4.69, 9.17) is 4.74 Å². The molecule has 20 heavy (non-hydrogen) atoms. The third kappa shape index (κ3) is 2.88. The van der Waals surface area contributed by atoms with Crippen LogP contribution in [0.25, 0.3) is 0 Å². The predicted octanol–water partition coefficient (Wildman–Crippen LogP) is 3.19. The number of Topliss-reactive ketones (excluding diaryl/α,β-unsaturated/α-hetero) is 1. The highest BCUT2D eigenvalue weighted by Gasteiger charge is 2.34. The lowest BCUT2D eigenvalue weighted by atomic mass is 9.87. The molecule has 3 nitrogen and oxygen atoms in total. The van der Waals surface area contributed by atoms with E-state index in [1.165, 1.54) is 12.8 Å². The monoisotopic (exact) mass is 273 g/mol. The summed E-state index contributed by atoms with van der Waals surface area (Å²) < 4.78 is 5.57. The fraction of sp³-hybridized carbons (Fsp3) is 0.588. The van der Waals surface area contributed by atoms with Crippen LogP contribution in [-0.4, -0.2) is 24.5 Å². The summed E-state index contributed by atoms with van der Waals surface area (Å²) >= 11 is 0. The first-order valence-electron chi connectivity index (χ1n) is 7.77. The molecule has 1 N–H and O–H groups in total. The second kappa shape index (κ2) is 5.96. The molecular formula is C17H23NO2. The van der Waals surface area contributed by atoms with E-state index in [9.17, 15) is 4.79 Å². The predicted molar refractivity (Wildman–Crippen MR) is 79.2 cm³/mol. The van der Waals surface area contributed by atoms with Gasteiger partial charge in [-0.15, -0.1) is 0 Å². The van der Waals surface area contributed by atoms with Crippen molar-refractivity contribution in [3.05, 3.63) is 29.8 Å². The number of para-hydroxylation sites is 1. The zero-order valence-electron chi connectivity index (χ0n) is 12.1. The number of benzene rings is 1. The Balaban J connectivity index is 1.67. The lowest BCUT2D eigenvalue weighted by molar-refractivity contribution is 0.0942. The van der Waals surface area contributed by atoms with Crippen molar-refractivity contribution in [3.8, 4) is 5.75 Å². The van der Waals surface area contributed by atoms with Crippen molar-refractivity contribution in [2.24, 2.45) is 5.92 Å². The molecule has 0 aliphatic carbocycles. The van der Waals surface area contributed by atoms with E-state index in [1.54, 1.807) is 0 Å². The van der Waals surface area contributed by atoms with Crippen LogP contribution in [0.2, 0.25) is 0 Å². The van der Waals surface area contributed by atoms with Crippen molar-refractivity contribution >= 4 is 5.78 Å². The van der Waals surface area contributed by atoms with E-state index in [2.05, 4.69) is 5.32 Å². The molecular weight excluding hydrogens is 250 g/mol.